The van der Waals surface area contributed by atoms with E-state index in [1.54, 1.807) is 19.2 Å². The Morgan fingerprint density at radius 3 is 2.89 bits per heavy atom. The molecule has 0 atom stereocenters. The highest BCUT2D eigenvalue weighted by molar-refractivity contribution is 14.1. The van der Waals surface area contributed by atoms with Crippen LogP contribution < -0.4 is 10.5 Å². The Morgan fingerprint density at radius 2 is 2.33 bits per heavy atom. The second-order valence-electron chi connectivity index (χ2n) is 3.47. The average molecular weight is 356 g/mol. The van der Waals surface area contributed by atoms with E-state index < -0.39 is 0 Å². The van der Waals surface area contributed by atoms with Crippen LogP contribution in [0.2, 0.25) is 0 Å². The molecule has 1 aromatic heterocycles. The Labute approximate surface area is 117 Å². The highest BCUT2D eigenvalue weighted by Crippen LogP contribution is 2.29. The summed E-state index contributed by atoms with van der Waals surface area (Å²) in [6.45, 7) is 0.180. The van der Waals surface area contributed by atoms with Crippen LogP contribution in [-0.4, -0.2) is 20.2 Å². The van der Waals surface area contributed by atoms with Gasteiger partial charge in [-0.3, -0.25) is 0 Å². The molecule has 1 aromatic carbocycles. The number of halogens is 1. The minimum Gasteiger partial charge on any atom is -0.482 e. The fourth-order valence-corrected chi connectivity index (χ4v) is 2.15. The van der Waals surface area contributed by atoms with E-state index in [-0.39, 0.29) is 6.61 Å². The van der Waals surface area contributed by atoms with Crippen molar-refractivity contribution < 1.29 is 4.74 Å². The predicted octanol–water partition coefficient (Wildman–Crippen LogP) is 0.848. The molecule has 7 nitrogen and oxygen atoms in total. The molecular formula is C10H9IN6O. The number of hydrogen-bond acceptors (Lipinski definition) is 6. The zero-order valence-corrected chi connectivity index (χ0v) is 11.6. The third-order valence-corrected chi connectivity index (χ3v) is 2.90. The molecule has 0 bridgehead atoms. The molecule has 0 radical (unpaired) electrons. The maximum Gasteiger partial charge on any atom is 0.212 e. The highest BCUT2D eigenvalue weighted by atomic mass is 127. The molecule has 8 heteroatoms. The molecule has 0 fully saturated rings. The number of hydrogen-bond donors (Lipinski definition) is 1. The molecular weight excluding hydrogens is 347 g/mol. The van der Waals surface area contributed by atoms with E-state index in [1.165, 1.54) is 4.80 Å². The summed E-state index contributed by atoms with van der Waals surface area (Å²) in [6.07, 6.45) is 0. The highest BCUT2D eigenvalue weighted by Gasteiger charge is 2.10. The summed E-state index contributed by atoms with van der Waals surface area (Å²) < 4.78 is 6.32. The standard InChI is InChI=1S/C10H9IN6O/c1-17-15-9(14-16-17)5-18-10-7(11)2-6(4-12)3-8(10)13/h2-3H,5,13H2,1H3. The number of tetrazole rings is 1. The molecule has 1 heterocycles. The van der Waals surface area contributed by atoms with Crippen LogP contribution in [0.15, 0.2) is 12.1 Å². The van der Waals surface area contributed by atoms with Crippen LogP contribution in [0.3, 0.4) is 0 Å². The van der Waals surface area contributed by atoms with E-state index in [4.69, 9.17) is 15.7 Å². The lowest BCUT2D eigenvalue weighted by molar-refractivity contribution is 0.295. The van der Waals surface area contributed by atoms with Gasteiger partial charge in [0, 0.05) is 0 Å². The summed E-state index contributed by atoms with van der Waals surface area (Å²) in [6, 6.07) is 5.31. The quantitative estimate of drug-likeness (QED) is 0.646. The third kappa shape index (κ3) is 2.67. The van der Waals surface area contributed by atoms with E-state index in [0.717, 1.165) is 3.57 Å². The zero-order chi connectivity index (χ0) is 13.1. The first-order chi connectivity index (χ1) is 8.60. The number of ether oxygens (including phenoxy) is 1. The lowest BCUT2D eigenvalue weighted by Crippen LogP contribution is -2.03. The predicted molar refractivity (Wildman–Crippen MR) is 71.4 cm³/mol. The Bertz CT molecular complexity index is 594. The molecule has 2 rings (SSSR count). The number of aromatic nitrogens is 4. The zero-order valence-electron chi connectivity index (χ0n) is 9.46. The number of nitriles is 1. The molecule has 0 amide bonds. The van der Waals surface area contributed by atoms with Gasteiger partial charge in [0.2, 0.25) is 5.82 Å². The van der Waals surface area contributed by atoms with E-state index in [1.807, 2.05) is 6.07 Å². The van der Waals surface area contributed by atoms with Crippen molar-refractivity contribution in [2.75, 3.05) is 5.73 Å². The molecule has 2 N–H and O–H groups in total. The van der Waals surface area contributed by atoms with Gasteiger partial charge in [-0.2, -0.15) is 10.1 Å². The maximum absolute atomic E-state index is 8.81. The van der Waals surface area contributed by atoms with Gasteiger partial charge in [0.25, 0.3) is 0 Å². The molecule has 0 aliphatic heterocycles. The monoisotopic (exact) mass is 356 g/mol. The molecule has 0 aliphatic rings. The fraction of sp³-hybridized carbons (Fsp3) is 0.200. The lowest BCUT2D eigenvalue weighted by Gasteiger charge is -2.09. The Morgan fingerprint density at radius 1 is 1.56 bits per heavy atom. The van der Waals surface area contributed by atoms with Crippen LogP contribution in [-0.2, 0) is 13.7 Å². The average Bonchev–Trinajstić information content (AvgIpc) is 2.73. The second kappa shape index (κ2) is 5.18. The number of rotatable bonds is 3. The third-order valence-electron chi connectivity index (χ3n) is 2.10. The van der Waals surface area contributed by atoms with Gasteiger partial charge in [0.1, 0.15) is 0 Å². The number of anilines is 1. The first-order valence-corrected chi connectivity index (χ1v) is 6.03. The first-order valence-electron chi connectivity index (χ1n) is 4.95. The van der Waals surface area contributed by atoms with Crippen molar-refractivity contribution >= 4 is 28.3 Å². The van der Waals surface area contributed by atoms with Gasteiger partial charge in [-0.15, -0.1) is 10.2 Å². The van der Waals surface area contributed by atoms with Crippen LogP contribution in [0.25, 0.3) is 0 Å². The van der Waals surface area contributed by atoms with Crippen molar-refractivity contribution in [1.29, 1.82) is 5.26 Å². The van der Waals surface area contributed by atoms with Gasteiger partial charge in [-0.1, -0.05) is 0 Å². The van der Waals surface area contributed by atoms with Crippen molar-refractivity contribution in [2.45, 2.75) is 6.61 Å². The van der Waals surface area contributed by atoms with E-state index >= 15 is 0 Å². The van der Waals surface area contributed by atoms with Gasteiger partial charge in [-0.05, 0) is 39.9 Å². The lowest BCUT2D eigenvalue weighted by atomic mass is 10.2. The van der Waals surface area contributed by atoms with E-state index in [2.05, 4.69) is 38.0 Å². The number of nitrogens with two attached hydrogens (primary N) is 1. The Kier molecular flexibility index (Phi) is 3.61. The molecule has 0 unspecified atom stereocenters. The van der Waals surface area contributed by atoms with Crippen molar-refractivity contribution in [2.24, 2.45) is 7.05 Å². The van der Waals surface area contributed by atoms with Crippen LogP contribution >= 0.6 is 22.6 Å². The summed E-state index contributed by atoms with van der Waals surface area (Å²) in [5.41, 5.74) is 6.75. The van der Waals surface area contributed by atoms with Crippen LogP contribution in [0, 0.1) is 14.9 Å². The van der Waals surface area contributed by atoms with Gasteiger partial charge in [0.15, 0.2) is 12.4 Å². The number of aryl methyl sites for hydroxylation is 1. The summed E-state index contributed by atoms with van der Waals surface area (Å²) in [4.78, 5) is 1.35. The van der Waals surface area contributed by atoms with E-state index in [9.17, 15) is 0 Å². The van der Waals surface area contributed by atoms with Gasteiger partial charge >= 0.3 is 0 Å². The second-order valence-corrected chi connectivity index (χ2v) is 4.63. The molecule has 2 aromatic rings. The van der Waals surface area contributed by atoms with Crippen LogP contribution in [0.4, 0.5) is 5.69 Å². The topological polar surface area (TPSA) is 103 Å². The molecule has 0 aliphatic carbocycles. The molecule has 0 saturated heterocycles. The van der Waals surface area contributed by atoms with Gasteiger partial charge < -0.3 is 10.5 Å². The number of nitrogen functional groups attached to an aromatic ring is 1. The first kappa shape index (κ1) is 12.6. The molecule has 0 saturated carbocycles. The molecule has 0 spiro atoms. The molecule has 18 heavy (non-hydrogen) atoms. The van der Waals surface area contributed by atoms with Gasteiger partial charge in [-0.25, -0.2) is 0 Å². The van der Waals surface area contributed by atoms with Gasteiger partial charge in [0.05, 0.1) is 27.9 Å². The summed E-state index contributed by atoms with van der Waals surface area (Å²) in [5.74, 6) is 0.999. The summed E-state index contributed by atoms with van der Waals surface area (Å²) in [5, 5.41) is 20.3. The normalized spacial score (nSPS) is 10.1. The fourth-order valence-electron chi connectivity index (χ4n) is 1.35. The largest absolute Gasteiger partial charge is 0.482 e. The molecule has 92 valence electrons. The smallest absolute Gasteiger partial charge is 0.212 e. The summed E-state index contributed by atoms with van der Waals surface area (Å²) in [7, 11) is 1.68. The SMILES string of the molecule is Cn1nnc(COc2c(N)cc(C#N)cc2I)n1. The minimum absolute atomic E-state index is 0.180. The minimum atomic E-state index is 0.180. The Balaban J connectivity index is 2.17. The van der Waals surface area contributed by atoms with Crippen LogP contribution in [0.5, 0.6) is 5.75 Å². The maximum atomic E-state index is 8.81. The summed E-state index contributed by atoms with van der Waals surface area (Å²) >= 11 is 2.07. The van der Waals surface area contributed by atoms with Crippen molar-refractivity contribution in [3.05, 3.63) is 27.1 Å². The van der Waals surface area contributed by atoms with Crippen LogP contribution in [0.1, 0.15) is 11.4 Å². The van der Waals surface area contributed by atoms with E-state index in [0.29, 0.717) is 22.8 Å². The Hall–Kier alpha value is -1.89. The van der Waals surface area contributed by atoms with Crippen molar-refractivity contribution in [3.63, 3.8) is 0 Å². The van der Waals surface area contributed by atoms with Crippen molar-refractivity contribution in [1.82, 2.24) is 20.2 Å². The number of benzene rings is 1. The number of nitrogens with zero attached hydrogens (tertiary/aromatic N) is 5. The van der Waals surface area contributed by atoms with Crippen molar-refractivity contribution in [3.8, 4) is 11.8 Å².